The van der Waals surface area contributed by atoms with Crippen molar-refractivity contribution in [2.45, 2.75) is 6.92 Å². The summed E-state index contributed by atoms with van der Waals surface area (Å²) in [6.07, 6.45) is 0.757. The smallest absolute Gasteiger partial charge is 0.326 e. The van der Waals surface area contributed by atoms with Crippen LogP contribution in [0.2, 0.25) is 0 Å². The molecule has 0 aliphatic carbocycles. The zero-order chi connectivity index (χ0) is 9.84. The number of morpholine rings is 1. The van der Waals surface area contributed by atoms with Crippen molar-refractivity contribution in [3.63, 3.8) is 0 Å². The molecule has 0 bridgehead atoms. The Morgan fingerprint density at radius 1 is 1.62 bits per heavy atom. The summed E-state index contributed by atoms with van der Waals surface area (Å²) in [5.74, 6) is -0.902. The Kier molecular flexibility index (Phi) is 3.00. The van der Waals surface area contributed by atoms with Gasteiger partial charge < -0.3 is 14.4 Å². The van der Waals surface area contributed by atoms with Gasteiger partial charge in [0, 0.05) is 12.5 Å². The van der Waals surface area contributed by atoms with Crippen LogP contribution in [0, 0.1) is 5.92 Å². The third-order valence-corrected chi connectivity index (χ3v) is 1.77. The molecule has 1 heterocycles. The van der Waals surface area contributed by atoms with Crippen molar-refractivity contribution in [2.75, 3.05) is 19.7 Å². The summed E-state index contributed by atoms with van der Waals surface area (Å²) in [5, 5.41) is 0. The molecule has 0 radical (unpaired) electrons. The van der Waals surface area contributed by atoms with Crippen LogP contribution in [-0.2, 0) is 19.1 Å². The number of hydrogen-bond acceptors (Lipinski definition) is 4. The Hall–Kier alpha value is -1.39. The van der Waals surface area contributed by atoms with E-state index in [1.807, 2.05) is 0 Å². The van der Waals surface area contributed by atoms with Gasteiger partial charge in [0.15, 0.2) is 6.61 Å². The van der Waals surface area contributed by atoms with E-state index in [0.29, 0.717) is 0 Å². The lowest BCUT2D eigenvalue weighted by molar-refractivity contribution is -0.162. The molecule has 1 rings (SSSR count). The standard InChI is InChI=1S/C8H11NO4/c1-6(4-10)2-9-3-8(12)13-5-7(9)11/h4,6H,2-3,5H2,1H3. The van der Waals surface area contributed by atoms with Gasteiger partial charge in [-0.3, -0.25) is 9.59 Å². The van der Waals surface area contributed by atoms with Crippen LogP contribution in [0.15, 0.2) is 0 Å². The van der Waals surface area contributed by atoms with Crippen molar-refractivity contribution in [1.29, 1.82) is 0 Å². The Labute approximate surface area is 75.6 Å². The molecule has 1 fully saturated rings. The molecule has 0 N–H and O–H groups in total. The van der Waals surface area contributed by atoms with Gasteiger partial charge in [0.2, 0.25) is 0 Å². The fourth-order valence-corrected chi connectivity index (χ4v) is 1.08. The van der Waals surface area contributed by atoms with Crippen molar-refractivity contribution >= 4 is 18.2 Å². The maximum Gasteiger partial charge on any atom is 0.326 e. The zero-order valence-corrected chi connectivity index (χ0v) is 7.36. The molecule has 0 aromatic heterocycles. The van der Waals surface area contributed by atoms with E-state index in [0.717, 1.165) is 6.29 Å². The van der Waals surface area contributed by atoms with Gasteiger partial charge in [0.25, 0.3) is 5.91 Å². The second-order valence-corrected chi connectivity index (χ2v) is 3.05. The molecule has 0 saturated carbocycles. The van der Waals surface area contributed by atoms with E-state index in [1.54, 1.807) is 6.92 Å². The molecule has 1 aliphatic heterocycles. The molecule has 0 aromatic rings. The Morgan fingerprint density at radius 3 is 2.92 bits per heavy atom. The summed E-state index contributed by atoms with van der Waals surface area (Å²) >= 11 is 0. The van der Waals surface area contributed by atoms with Crippen LogP contribution in [0.1, 0.15) is 6.92 Å². The van der Waals surface area contributed by atoms with Crippen molar-refractivity contribution < 1.29 is 19.1 Å². The van der Waals surface area contributed by atoms with E-state index < -0.39 is 5.97 Å². The molecule has 1 unspecified atom stereocenters. The highest BCUT2D eigenvalue weighted by molar-refractivity contribution is 5.88. The topological polar surface area (TPSA) is 63.7 Å². The number of carbonyl (C=O) groups excluding carboxylic acids is 3. The largest absolute Gasteiger partial charge is 0.454 e. The predicted octanol–water partition coefficient (Wildman–Crippen LogP) is -0.793. The normalized spacial score (nSPS) is 19.6. The first-order chi connectivity index (χ1) is 6.13. The van der Waals surface area contributed by atoms with Crippen molar-refractivity contribution in [3.05, 3.63) is 0 Å². The van der Waals surface area contributed by atoms with E-state index in [2.05, 4.69) is 4.74 Å². The third kappa shape index (κ3) is 2.54. The SMILES string of the molecule is CC(C=O)CN1CC(=O)OCC1=O. The lowest BCUT2D eigenvalue weighted by Gasteiger charge is -2.26. The first kappa shape index (κ1) is 9.70. The number of hydrogen-bond donors (Lipinski definition) is 0. The van der Waals surface area contributed by atoms with Crippen LogP contribution in [-0.4, -0.2) is 42.8 Å². The summed E-state index contributed by atoms with van der Waals surface area (Å²) in [6, 6.07) is 0. The van der Waals surface area contributed by atoms with Crippen LogP contribution in [0.5, 0.6) is 0 Å². The number of amides is 1. The summed E-state index contributed by atoms with van der Waals surface area (Å²) in [5.41, 5.74) is 0. The number of esters is 1. The van der Waals surface area contributed by atoms with Gasteiger partial charge in [0.05, 0.1) is 0 Å². The van der Waals surface area contributed by atoms with Crippen LogP contribution < -0.4 is 0 Å². The van der Waals surface area contributed by atoms with E-state index >= 15 is 0 Å². The molecule has 5 heteroatoms. The van der Waals surface area contributed by atoms with Crippen LogP contribution in [0.3, 0.4) is 0 Å². The van der Waals surface area contributed by atoms with E-state index in [1.165, 1.54) is 4.90 Å². The Balaban J connectivity index is 2.51. The molecular weight excluding hydrogens is 174 g/mol. The van der Waals surface area contributed by atoms with Gasteiger partial charge in [0.1, 0.15) is 12.8 Å². The van der Waals surface area contributed by atoms with Crippen LogP contribution in [0.4, 0.5) is 0 Å². The van der Waals surface area contributed by atoms with Gasteiger partial charge in [-0.2, -0.15) is 0 Å². The molecule has 1 amide bonds. The average Bonchev–Trinajstić information content (AvgIpc) is 2.11. The zero-order valence-electron chi connectivity index (χ0n) is 7.36. The van der Waals surface area contributed by atoms with Gasteiger partial charge in [-0.1, -0.05) is 6.92 Å². The van der Waals surface area contributed by atoms with Gasteiger partial charge >= 0.3 is 5.97 Å². The molecule has 13 heavy (non-hydrogen) atoms. The first-order valence-corrected chi connectivity index (χ1v) is 4.02. The lowest BCUT2D eigenvalue weighted by atomic mass is 10.2. The van der Waals surface area contributed by atoms with E-state index in [-0.39, 0.29) is 31.5 Å². The lowest BCUT2D eigenvalue weighted by Crippen LogP contribution is -2.46. The van der Waals surface area contributed by atoms with Crippen LogP contribution in [0.25, 0.3) is 0 Å². The first-order valence-electron chi connectivity index (χ1n) is 4.02. The minimum absolute atomic E-state index is 0.0446. The van der Waals surface area contributed by atoms with Crippen molar-refractivity contribution in [2.24, 2.45) is 5.92 Å². The Morgan fingerprint density at radius 2 is 2.31 bits per heavy atom. The molecular formula is C8H11NO4. The number of ether oxygens (including phenoxy) is 1. The molecule has 1 aliphatic rings. The van der Waals surface area contributed by atoms with Crippen molar-refractivity contribution in [3.8, 4) is 0 Å². The van der Waals surface area contributed by atoms with Gasteiger partial charge in [-0.05, 0) is 0 Å². The second kappa shape index (κ2) is 4.02. The predicted molar refractivity (Wildman–Crippen MR) is 42.8 cm³/mol. The number of nitrogens with zero attached hydrogens (tertiary/aromatic N) is 1. The third-order valence-electron chi connectivity index (χ3n) is 1.77. The highest BCUT2D eigenvalue weighted by Crippen LogP contribution is 2.03. The molecule has 0 aromatic carbocycles. The Bertz CT molecular complexity index is 238. The van der Waals surface area contributed by atoms with Crippen LogP contribution >= 0.6 is 0 Å². The van der Waals surface area contributed by atoms with Crippen molar-refractivity contribution in [1.82, 2.24) is 4.90 Å². The number of rotatable bonds is 3. The molecule has 0 spiro atoms. The van der Waals surface area contributed by atoms with E-state index in [9.17, 15) is 14.4 Å². The summed E-state index contributed by atoms with van der Waals surface area (Å²) in [6.45, 7) is 1.74. The minimum atomic E-state index is -0.419. The monoisotopic (exact) mass is 185 g/mol. The fraction of sp³-hybridized carbons (Fsp3) is 0.625. The summed E-state index contributed by atoms with van der Waals surface area (Å²) in [4.78, 5) is 33.6. The number of aldehydes is 1. The summed E-state index contributed by atoms with van der Waals surface area (Å²) in [7, 11) is 0. The second-order valence-electron chi connectivity index (χ2n) is 3.05. The molecule has 5 nitrogen and oxygen atoms in total. The maximum atomic E-state index is 11.1. The number of carbonyl (C=O) groups is 3. The fourth-order valence-electron chi connectivity index (χ4n) is 1.08. The minimum Gasteiger partial charge on any atom is -0.454 e. The van der Waals surface area contributed by atoms with Gasteiger partial charge in [-0.25, -0.2) is 0 Å². The average molecular weight is 185 g/mol. The maximum absolute atomic E-state index is 11.1. The number of cyclic esters (lactones) is 1. The summed E-state index contributed by atoms with van der Waals surface area (Å²) < 4.78 is 4.52. The molecule has 72 valence electrons. The van der Waals surface area contributed by atoms with Gasteiger partial charge in [-0.15, -0.1) is 0 Å². The highest BCUT2D eigenvalue weighted by atomic mass is 16.5. The molecule has 1 saturated heterocycles. The quantitative estimate of drug-likeness (QED) is 0.427. The highest BCUT2D eigenvalue weighted by Gasteiger charge is 2.25. The molecule has 1 atom stereocenters. The van der Waals surface area contributed by atoms with E-state index in [4.69, 9.17) is 0 Å².